The molecule has 7 aliphatic carbocycles. The van der Waals surface area contributed by atoms with Gasteiger partial charge >= 0.3 is 0 Å². The summed E-state index contributed by atoms with van der Waals surface area (Å²) in [4.78, 5) is 0. The van der Waals surface area contributed by atoms with Gasteiger partial charge in [-0.15, -0.1) is 0 Å². The first-order chi connectivity index (χ1) is 7.90. The van der Waals surface area contributed by atoms with Crippen molar-refractivity contribution >= 4 is 0 Å². The van der Waals surface area contributed by atoms with Crippen molar-refractivity contribution in [2.45, 2.75) is 52.4 Å². The van der Waals surface area contributed by atoms with E-state index in [0.717, 1.165) is 0 Å². The summed E-state index contributed by atoms with van der Waals surface area (Å²) in [6.07, 6.45) is 9.35. The Kier molecular flexibility index (Phi) is 5.65. The van der Waals surface area contributed by atoms with Crippen LogP contribution in [0.25, 0.3) is 0 Å². The Hall–Kier alpha value is 2.21. The van der Waals surface area contributed by atoms with Gasteiger partial charge in [0.05, 0.1) is 0 Å². The van der Waals surface area contributed by atoms with Crippen molar-refractivity contribution in [2.75, 3.05) is 0 Å². The van der Waals surface area contributed by atoms with E-state index in [1.165, 1.54) is 35.5 Å². The average molecular weight is 394 g/mol. The molecular weight excluding hydrogens is 370 g/mol. The summed E-state index contributed by atoms with van der Waals surface area (Å²) in [6, 6.07) is 0. The van der Waals surface area contributed by atoms with Crippen molar-refractivity contribution < 1.29 is 65.4 Å². The van der Waals surface area contributed by atoms with E-state index < -0.39 is 0 Å². The molecule has 0 aliphatic heterocycles. The van der Waals surface area contributed by atoms with Crippen LogP contribution in [0.2, 0.25) is 0 Å². The van der Waals surface area contributed by atoms with Crippen LogP contribution >= 0.6 is 0 Å². The van der Waals surface area contributed by atoms with Gasteiger partial charge in [-0.1, -0.05) is 49.4 Å². The van der Waals surface area contributed by atoms with E-state index in [4.69, 9.17) is 0 Å². The molecule has 0 spiro atoms. The fourth-order valence-corrected chi connectivity index (χ4v) is 6.22. The van der Waals surface area contributed by atoms with E-state index in [-0.39, 0.29) is 65.4 Å². The molecular formula is C16H24Y2-2. The number of hydrogen-bond acceptors (Lipinski definition) is 0. The van der Waals surface area contributed by atoms with Crippen LogP contribution in [-0.2, 0) is 65.4 Å². The Balaban J connectivity index is 0.000000289. The second-order valence-corrected chi connectivity index (χ2v) is 6.71. The SMILES string of the molecule is C1[C-]2CC3C4C[C-]5CC(C14)C(C2)C3C5.CC.[Y].[Y]. The Morgan fingerprint density at radius 1 is 0.500 bits per heavy atom. The van der Waals surface area contributed by atoms with E-state index in [2.05, 4.69) is 0 Å². The third-order valence-corrected chi connectivity index (χ3v) is 6.45. The topological polar surface area (TPSA) is 0 Å². The first kappa shape index (κ1) is 16.6. The van der Waals surface area contributed by atoms with Crippen LogP contribution in [0.15, 0.2) is 0 Å². The molecule has 0 atom stereocenters. The normalized spacial score (nSPS) is 50.3. The van der Waals surface area contributed by atoms with E-state index in [1.54, 1.807) is 38.5 Å². The molecule has 18 heavy (non-hydrogen) atoms. The summed E-state index contributed by atoms with van der Waals surface area (Å²) >= 11 is 0. The molecule has 0 N–H and O–H groups in total. The molecule has 0 amide bonds. The maximum absolute atomic E-state index is 2.00. The third kappa shape index (κ3) is 2.14. The van der Waals surface area contributed by atoms with Crippen LogP contribution in [0, 0.1) is 47.3 Å². The molecule has 8 bridgehead atoms. The van der Waals surface area contributed by atoms with Crippen LogP contribution in [0.3, 0.4) is 0 Å². The van der Waals surface area contributed by atoms with Gasteiger partial charge in [-0.05, 0) is 0 Å². The van der Waals surface area contributed by atoms with Gasteiger partial charge in [0.25, 0.3) is 0 Å². The van der Waals surface area contributed by atoms with Crippen molar-refractivity contribution in [1.29, 1.82) is 0 Å². The molecule has 0 heterocycles. The first-order valence-corrected chi connectivity index (χ1v) is 7.57. The second kappa shape index (κ2) is 6.14. The minimum atomic E-state index is 0. The summed E-state index contributed by atoms with van der Waals surface area (Å²) in [5, 5.41) is 0. The Morgan fingerprint density at radius 3 is 0.833 bits per heavy atom. The first-order valence-electron chi connectivity index (χ1n) is 7.57. The molecule has 2 heteroatoms. The summed E-state index contributed by atoms with van der Waals surface area (Å²) < 4.78 is 0. The predicted octanol–water partition coefficient (Wildman–Crippen LogP) is 4.26. The van der Waals surface area contributed by atoms with Gasteiger partial charge in [0.15, 0.2) is 0 Å². The average Bonchev–Trinajstić information content (AvgIpc) is 2.37. The van der Waals surface area contributed by atoms with Crippen LogP contribution < -0.4 is 0 Å². The molecule has 7 rings (SSSR count). The molecule has 0 nitrogen and oxygen atoms in total. The molecule has 7 saturated carbocycles. The molecule has 0 unspecified atom stereocenters. The zero-order valence-electron chi connectivity index (χ0n) is 11.9. The smallest absolute Gasteiger partial charge is 0 e. The second-order valence-electron chi connectivity index (χ2n) is 6.71. The number of hydrogen-bond donors (Lipinski definition) is 0. The van der Waals surface area contributed by atoms with Crippen LogP contribution in [0.5, 0.6) is 0 Å². The molecule has 0 aromatic rings. The molecule has 0 saturated heterocycles. The van der Waals surface area contributed by atoms with Gasteiger partial charge in [-0.3, -0.25) is 0 Å². The van der Waals surface area contributed by atoms with Crippen molar-refractivity contribution in [1.82, 2.24) is 0 Å². The Morgan fingerprint density at radius 2 is 0.667 bits per heavy atom. The molecule has 96 valence electrons. The predicted molar refractivity (Wildman–Crippen MR) is 66.5 cm³/mol. The maximum atomic E-state index is 2.00. The largest absolute Gasteiger partial charge is 0.313 e. The molecule has 7 fully saturated rings. The van der Waals surface area contributed by atoms with Crippen molar-refractivity contribution in [3.8, 4) is 0 Å². The minimum Gasteiger partial charge on any atom is -0.313 e. The fraction of sp³-hybridized carbons (Fsp3) is 0.875. The molecule has 0 aromatic carbocycles. The molecule has 7 aliphatic rings. The van der Waals surface area contributed by atoms with E-state index >= 15 is 0 Å². The summed E-state index contributed by atoms with van der Waals surface area (Å²) in [5.41, 5.74) is 0. The minimum absolute atomic E-state index is 0. The monoisotopic (exact) mass is 394 g/mol. The van der Waals surface area contributed by atoms with Gasteiger partial charge < -0.3 is 11.8 Å². The van der Waals surface area contributed by atoms with E-state index in [1.807, 2.05) is 25.7 Å². The Bertz CT molecular complexity index is 214. The Labute approximate surface area is 163 Å². The summed E-state index contributed by atoms with van der Waals surface area (Å²) in [5.74, 6) is 11.0. The van der Waals surface area contributed by atoms with Crippen LogP contribution in [-0.4, -0.2) is 0 Å². The quantitative estimate of drug-likeness (QED) is 0.539. The van der Waals surface area contributed by atoms with E-state index in [9.17, 15) is 0 Å². The van der Waals surface area contributed by atoms with Crippen molar-refractivity contribution in [3.63, 3.8) is 0 Å². The molecule has 2 radical (unpaired) electrons. The fourth-order valence-electron chi connectivity index (χ4n) is 6.22. The number of rotatable bonds is 0. The molecule has 0 aromatic heterocycles. The summed E-state index contributed by atoms with van der Waals surface area (Å²) in [6.45, 7) is 4.00. The summed E-state index contributed by atoms with van der Waals surface area (Å²) in [7, 11) is 0. The van der Waals surface area contributed by atoms with Gasteiger partial charge in [0, 0.05) is 65.4 Å². The third-order valence-electron chi connectivity index (χ3n) is 6.45. The van der Waals surface area contributed by atoms with Gasteiger partial charge in [-0.25, -0.2) is 0 Å². The van der Waals surface area contributed by atoms with Gasteiger partial charge in [0.2, 0.25) is 0 Å². The van der Waals surface area contributed by atoms with Crippen molar-refractivity contribution in [2.24, 2.45) is 35.5 Å². The zero-order chi connectivity index (χ0) is 10.9. The maximum Gasteiger partial charge on any atom is 0 e. The van der Waals surface area contributed by atoms with Crippen molar-refractivity contribution in [3.05, 3.63) is 11.8 Å². The van der Waals surface area contributed by atoms with E-state index in [0.29, 0.717) is 0 Å². The standard InChI is InChI=1S/C14H18.C2H6.2Y/c1-7-2-12-10-4-8-5-11(9(1)10)13(3-7)14(12)6-8;1-2;;/h9-14H,1-6H2;1-2H3;;/q-2;;;. The zero-order valence-corrected chi connectivity index (χ0v) is 17.5. The van der Waals surface area contributed by atoms with Gasteiger partial charge in [0.1, 0.15) is 0 Å². The van der Waals surface area contributed by atoms with Gasteiger partial charge in [-0.2, -0.15) is 38.5 Å². The van der Waals surface area contributed by atoms with Crippen LogP contribution in [0.4, 0.5) is 0 Å². The van der Waals surface area contributed by atoms with Crippen LogP contribution in [0.1, 0.15) is 52.4 Å².